The fraction of sp³-hybridized carbons (Fsp3) is 0.500. The third-order valence-electron chi connectivity index (χ3n) is 1.90. The number of aromatic nitrogens is 2. The van der Waals surface area contributed by atoms with Crippen LogP contribution in [0.4, 0.5) is 11.5 Å². The van der Waals surface area contributed by atoms with Crippen molar-refractivity contribution < 1.29 is 8.42 Å². The fourth-order valence-corrected chi connectivity index (χ4v) is 1.62. The Hall–Kier alpha value is -1.61. The van der Waals surface area contributed by atoms with Crippen molar-refractivity contribution in [3.63, 3.8) is 0 Å². The van der Waals surface area contributed by atoms with Gasteiger partial charge in [-0.1, -0.05) is 0 Å². The molecule has 0 saturated carbocycles. The van der Waals surface area contributed by atoms with E-state index in [-0.39, 0.29) is 5.69 Å². The van der Waals surface area contributed by atoms with Crippen molar-refractivity contribution in [3.8, 4) is 0 Å². The van der Waals surface area contributed by atoms with Crippen LogP contribution in [0, 0.1) is 0 Å². The van der Waals surface area contributed by atoms with Crippen LogP contribution in [0.3, 0.4) is 0 Å². The summed E-state index contributed by atoms with van der Waals surface area (Å²) in [5, 5.41) is 2.85. The predicted molar refractivity (Wildman–Crippen MR) is 65.2 cm³/mol. The summed E-state index contributed by atoms with van der Waals surface area (Å²) >= 11 is 0. The highest BCUT2D eigenvalue weighted by Gasteiger charge is 2.03. The van der Waals surface area contributed by atoms with Crippen molar-refractivity contribution in [2.45, 2.75) is 6.42 Å². The summed E-state index contributed by atoms with van der Waals surface area (Å²) in [7, 11) is -3.16. The first kappa shape index (κ1) is 13.5. The minimum absolute atomic E-state index is 0.0172. The topological polar surface area (TPSA) is 130 Å². The van der Waals surface area contributed by atoms with Gasteiger partial charge in [-0.3, -0.25) is 4.79 Å². The van der Waals surface area contributed by atoms with E-state index in [0.717, 1.165) is 6.26 Å². The molecule has 1 heterocycles. The third-order valence-corrected chi connectivity index (χ3v) is 2.63. The van der Waals surface area contributed by atoms with E-state index in [1.165, 1.54) is 6.33 Å². The quantitative estimate of drug-likeness (QED) is 0.471. The van der Waals surface area contributed by atoms with Crippen LogP contribution in [0.5, 0.6) is 0 Å². The van der Waals surface area contributed by atoms with E-state index in [0.29, 0.717) is 25.3 Å². The van der Waals surface area contributed by atoms with Gasteiger partial charge in [-0.2, -0.15) is 0 Å². The molecule has 0 fully saturated rings. The van der Waals surface area contributed by atoms with Gasteiger partial charge in [0.1, 0.15) is 5.69 Å². The lowest BCUT2D eigenvalue weighted by Gasteiger charge is -2.07. The second-order valence-electron chi connectivity index (χ2n) is 3.44. The van der Waals surface area contributed by atoms with Gasteiger partial charge in [-0.05, 0) is 6.42 Å². The first-order valence-corrected chi connectivity index (χ1v) is 6.81. The summed E-state index contributed by atoms with van der Waals surface area (Å²) in [5.41, 5.74) is 5.10. The zero-order chi connectivity index (χ0) is 12.9. The molecular weight excluding hydrogens is 246 g/mol. The number of nitrogens with one attached hydrogen (secondary N) is 3. The standard InChI is InChI=1S/C8H15N5O3S/c1-17(15,16)13-4-2-3-10-7-6(9)8(14)12-5-11-7/h5,13H,2-4,9H2,1H3,(H2,10,11,12,14). The summed E-state index contributed by atoms with van der Waals surface area (Å²) in [5.74, 6) is 0.299. The molecule has 1 aromatic heterocycles. The van der Waals surface area contributed by atoms with Crippen LogP contribution >= 0.6 is 0 Å². The van der Waals surface area contributed by atoms with Crippen LogP contribution < -0.4 is 21.3 Å². The molecule has 1 aromatic rings. The van der Waals surface area contributed by atoms with Crippen LogP contribution in [0.25, 0.3) is 0 Å². The minimum Gasteiger partial charge on any atom is -0.391 e. The Bertz CT molecular complexity index is 524. The normalized spacial score (nSPS) is 11.4. The highest BCUT2D eigenvalue weighted by Crippen LogP contribution is 2.06. The van der Waals surface area contributed by atoms with E-state index < -0.39 is 15.6 Å². The molecule has 0 radical (unpaired) electrons. The van der Waals surface area contributed by atoms with Crippen molar-refractivity contribution in [3.05, 3.63) is 16.7 Å². The highest BCUT2D eigenvalue weighted by molar-refractivity contribution is 7.88. The van der Waals surface area contributed by atoms with E-state index in [1.807, 2.05) is 0 Å². The van der Waals surface area contributed by atoms with Crippen LogP contribution in [0.1, 0.15) is 6.42 Å². The van der Waals surface area contributed by atoms with Gasteiger partial charge in [0.25, 0.3) is 5.56 Å². The summed E-state index contributed by atoms with van der Waals surface area (Å²) in [6.45, 7) is 0.776. The van der Waals surface area contributed by atoms with Crippen LogP contribution in [0.2, 0.25) is 0 Å². The Morgan fingerprint density at radius 3 is 2.82 bits per heavy atom. The summed E-state index contributed by atoms with van der Waals surface area (Å²) in [6, 6.07) is 0. The van der Waals surface area contributed by atoms with Crippen molar-refractivity contribution >= 4 is 21.5 Å². The summed E-state index contributed by atoms with van der Waals surface area (Å²) in [6.07, 6.45) is 2.90. The molecule has 0 aliphatic carbocycles. The Labute approximate surface area is 98.7 Å². The van der Waals surface area contributed by atoms with Gasteiger partial charge in [0.2, 0.25) is 10.0 Å². The number of aromatic amines is 1. The summed E-state index contributed by atoms with van der Waals surface area (Å²) < 4.78 is 23.9. The lowest BCUT2D eigenvalue weighted by Crippen LogP contribution is -2.25. The molecule has 0 atom stereocenters. The largest absolute Gasteiger partial charge is 0.391 e. The van der Waals surface area contributed by atoms with Crippen molar-refractivity contribution in [2.24, 2.45) is 0 Å². The number of sulfonamides is 1. The minimum atomic E-state index is -3.16. The molecule has 96 valence electrons. The molecule has 0 aliphatic heterocycles. The van der Waals surface area contributed by atoms with Gasteiger partial charge in [-0.15, -0.1) is 0 Å². The maximum atomic E-state index is 11.1. The van der Waals surface area contributed by atoms with Crippen LogP contribution in [-0.2, 0) is 10.0 Å². The summed E-state index contributed by atoms with van der Waals surface area (Å²) in [4.78, 5) is 17.3. The number of nitrogens with two attached hydrogens (primary N) is 1. The molecule has 5 N–H and O–H groups in total. The smallest absolute Gasteiger partial charge is 0.276 e. The Morgan fingerprint density at radius 2 is 2.18 bits per heavy atom. The molecule has 0 spiro atoms. The zero-order valence-electron chi connectivity index (χ0n) is 9.36. The Balaban J connectivity index is 2.37. The number of nitrogens with zero attached hydrogens (tertiary/aromatic N) is 1. The van der Waals surface area contributed by atoms with Crippen molar-refractivity contribution in [2.75, 3.05) is 30.4 Å². The number of rotatable bonds is 6. The van der Waals surface area contributed by atoms with Gasteiger partial charge in [0.15, 0.2) is 5.82 Å². The molecule has 0 saturated heterocycles. The molecule has 0 unspecified atom stereocenters. The van der Waals surface area contributed by atoms with E-state index in [4.69, 9.17) is 5.73 Å². The molecule has 17 heavy (non-hydrogen) atoms. The Morgan fingerprint density at radius 1 is 1.47 bits per heavy atom. The van der Waals surface area contributed by atoms with Crippen LogP contribution in [0.15, 0.2) is 11.1 Å². The molecule has 9 heteroatoms. The van der Waals surface area contributed by atoms with E-state index in [2.05, 4.69) is 20.0 Å². The monoisotopic (exact) mass is 261 g/mol. The average molecular weight is 261 g/mol. The molecule has 0 bridgehead atoms. The van der Waals surface area contributed by atoms with E-state index in [9.17, 15) is 13.2 Å². The number of hydrogen-bond donors (Lipinski definition) is 4. The van der Waals surface area contributed by atoms with E-state index in [1.54, 1.807) is 0 Å². The van der Waals surface area contributed by atoms with Gasteiger partial charge < -0.3 is 16.0 Å². The second-order valence-corrected chi connectivity index (χ2v) is 5.27. The maximum Gasteiger partial charge on any atom is 0.276 e. The third kappa shape index (κ3) is 4.83. The predicted octanol–water partition coefficient (Wildman–Crippen LogP) is -1.30. The van der Waals surface area contributed by atoms with Crippen LogP contribution in [-0.4, -0.2) is 37.7 Å². The molecule has 0 aliphatic rings. The number of anilines is 2. The van der Waals surface area contributed by atoms with Crippen molar-refractivity contribution in [1.29, 1.82) is 0 Å². The first-order valence-electron chi connectivity index (χ1n) is 4.92. The molecule has 8 nitrogen and oxygen atoms in total. The molecule has 1 rings (SSSR count). The number of hydrogen-bond acceptors (Lipinski definition) is 6. The molecule has 0 aromatic carbocycles. The average Bonchev–Trinajstić information content (AvgIpc) is 2.22. The number of nitrogen functional groups attached to an aromatic ring is 1. The zero-order valence-corrected chi connectivity index (χ0v) is 10.2. The van der Waals surface area contributed by atoms with Crippen molar-refractivity contribution in [1.82, 2.24) is 14.7 Å². The Kier molecular flexibility index (Phi) is 4.46. The lowest BCUT2D eigenvalue weighted by atomic mass is 10.4. The SMILES string of the molecule is CS(=O)(=O)NCCCNc1nc[nH]c(=O)c1N. The van der Waals surface area contributed by atoms with Gasteiger partial charge >= 0.3 is 0 Å². The van der Waals surface area contributed by atoms with Gasteiger partial charge in [0.05, 0.1) is 12.6 Å². The lowest BCUT2D eigenvalue weighted by molar-refractivity contribution is 0.586. The molecular formula is C8H15N5O3S. The van der Waals surface area contributed by atoms with E-state index >= 15 is 0 Å². The molecule has 0 amide bonds. The fourth-order valence-electron chi connectivity index (χ4n) is 1.10. The van der Waals surface area contributed by atoms with Gasteiger partial charge in [-0.25, -0.2) is 18.1 Å². The number of H-pyrrole nitrogens is 1. The van der Waals surface area contributed by atoms with Gasteiger partial charge in [0, 0.05) is 13.1 Å². The second kappa shape index (κ2) is 5.64. The maximum absolute atomic E-state index is 11.1. The first-order chi connectivity index (χ1) is 7.90. The highest BCUT2D eigenvalue weighted by atomic mass is 32.2.